The fourth-order valence-electron chi connectivity index (χ4n) is 4.42. The number of esters is 1. The lowest BCUT2D eigenvalue weighted by molar-refractivity contribution is 0.0510. The van der Waals surface area contributed by atoms with Crippen molar-refractivity contribution in [3.8, 4) is 28.9 Å². The van der Waals surface area contributed by atoms with E-state index in [2.05, 4.69) is 11.1 Å². The first-order chi connectivity index (χ1) is 17.4. The number of fused-ring (bicyclic) bond motifs is 1. The SMILES string of the molecule is CCOC(=O)c1nccn1-c1ccc(C2C(C#N)=C(N)Oc3c2c(-c2ccc(C)cc2)nn3C)cc1. The van der Waals surface area contributed by atoms with Crippen LogP contribution in [0.2, 0.25) is 0 Å². The Hall–Kier alpha value is -4.84. The zero-order valence-corrected chi connectivity index (χ0v) is 20.1. The van der Waals surface area contributed by atoms with Gasteiger partial charge in [0.05, 0.1) is 18.1 Å². The molecule has 5 rings (SSSR count). The summed E-state index contributed by atoms with van der Waals surface area (Å²) in [5, 5.41) is 14.7. The van der Waals surface area contributed by atoms with Gasteiger partial charge in [0.15, 0.2) is 0 Å². The zero-order chi connectivity index (χ0) is 25.4. The van der Waals surface area contributed by atoms with E-state index >= 15 is 0 Å². The fourth-order valence-corrected chi connectivity index (χ4v) is 4.42. The minimum atomic E-state index is -0.499. The number of carbonyl (C=O) groups excluding carboxylic acids is 1. The maximum absolute atomic E-state index is 12.3. The van der Waals surface area contributed by atoms with E-state index in [-0.39, 0.29) is 18.3 Å². The topological polar surface area (TPSA) is 121 Å². The lowest BCUT2D eigenvalue weighted by Gasteiger charge is -2.25. The number of aryl methyl sites for hydroxylation is 2. The van der Waals surface area contributed by atoms with Gasteiger partial charge in [-0.1, -0.05) is 42.0 Å². The Bertz CT molecular complexity index is 1520. The van der Waals surface area contributed by atoms with Gasteiger partial charge in [0.2, 0.25) is 17.6 Å². The molecule has 0 saturated carbocycles. The summed E-state index contributed by atoms with van der Waals surface area (Å²) in [6.45, 7) is 4.03. The smallest absolute Gasteiger partial charge is 0.374 e. The van der Waals surface area contributed by atoms with Crippen LogP contribution in [-0.4, -0.2) is 31.9 Å². The Balaban J connectivity index is 1.61. The summed E-state index contributed by atoms with van der Waals surface area (Å²) in [5.41, 5.74) is 11.6. The van der Waals surface area contributed by atoms with E-state index in [0.717, 1.165) is 33.6 Å². The highest BCUT2D eigenvalue weighted by Gasteiger charge is 2.36. The standard InChI is InChI=1S/C27H24N6O3/c1-4-35-27(34)25-30-13-14-33(25)19-11-9-17(10-12-19)21-20(15-28)24(29)36-26-22(21)23(31-32(26)3)18-7-5-16(2)6-8-18/h5-14,21H,4,29H2,1-3H3. The monoisotopic (exact) mass is 480 g/mol. The molecular weight excluding hydrogens is 456 g/mol. The number of imidazole rings is 1. The molecule has 9 heteroatoms. The van der Waals surface area contributed by atoms with Crippen molar-refractivity contribution >= 4 is 5.97 Å². The second-order valence-electron chi connectivity index (χ2n) is 8.41. The van der Waals surface area contributed by atoms with Crippen LogP contribution in [0.15, 0.2) is 72.4 Å². The third-order valence-corrected chi connectivity index (χ3v) is 6.13. The number of ether oxygens (including phenoxy) is 2. The second-order valence-corrected chi connectivity index (χ2v) is 8.41. The first-order valence-corrected chi connectivity index (χ1v) is 11.4. The average molecular weight is 481 g/mol. The molecule has 2 N–H and O–H groups in total. The van der Waals surface area contributed by atoms with Crippen LogP contribution in [0.4, 0.5) is 0 Å². The van der Waals surface area contributed by atoms with Crippen LogP contribution >= 0.6 is 0 Å². The maximum atomic E-state index is 12.3. The molecular formula is C27H24N6O3. The third-order valence-electron chi connectivity index (χ3n) is 6.13. The molecule has 1 atom stereocenters. The lowest BCUT2D eigenvalue weighted by atomic mass is 9.83. The van der Waals surface area contributed by atoms with Crippen LogP contribution in [0, 0.1) is 18.3 Å². The summed E-state index contributed by atoms with van der Waals surface area (Å²) in [7, 11) is 1.79. The van der Waals surface area contributed by atoms with Crippen molar-refractivity contribution in [3.05, 3.63) is 94.9 Å². The average Bonchev–Trinajstić information content (AvgIpc) is 3.49. The van der Waals surface area contributed by atoms with Crippen molar-refractivity contribution in [1.82, 2.24) is 19.3 Å². The molecule has 0 spiro atoms. The molecule has 2 aromatic carbocycles. The van der Waals surface area contributed by atoms with Crippen molar-refractivity contribution in [2.75, 3.05) is 6.61 Å². The molecule has 0 aliphatic carbocycles. The Kier molecular flexibility index (Phi) is 5.78. The maximum Gasteiger partial charge on any atom is 0.374 e. The van der Waals surface area contributed by atoms with Gasteiger partial charge in [-0.05, 0) is 31.5 Å². The van der Waals surface area contributed by atoms with Gasteiger partial charge in [-0.15, -0.1) is 0 Å². The van der Waals surface area contributed by atoms with E-state index in [0.29, 0.717) is 11.5 Å². The van der Waals surface area contributed by atoms with Gasteiger partial charge in [0.1, 0.15) is 17.3 Å². The van der Waals surface area contributed by atoms with Crippen LogP contribution in [0.5, 0.6) is 5.88 Å². The Morgan fingerprint density at radius 1 is 1.19 bits per heavy atom. The van der Waals surface area contributed by atoms with Gasteiger partial charge in [0, 0.05) is 30.7 Å². The first-order valence-electron chi connectivity index (χ1n) is 11.4. The van der Waals surface area contributed by atoms with Crippen LogP contribution in [0.25, 0.3) is 16.9 Å². The number of carbonyl (C=O) groups is 1. The van der Waals surface area contributed by atoms with Gasteiger partial charge in [0.25, 0.3) is 0 Å². The summed E-state index contributed by atoms with van der Waals surface area (Å²) in [4.78, 5) is 16.4. The molecule has 0 saturated heterocycles. The summed E-state index contributed by atoms with van der Waals surface area (Å²) < 4.78 is 14.3. The van der Waals surface area contributed by atoms with E-state index in [9.17, 15) is 10.1 Å². The van der Waals surface area contributed by atoms with E-state index in [1.54, 1.807) is 35.6 Å². The third kappa shape index (κ3) is 3.79. The molecule has 1 aliphatic rings. The molecule has 0 amide bonds. The summed E-state index contributed by atoms with van der Waals surface area (Å²) in [6, 6.07) is 17.8. The quantitative estimate of drug-likeness (QED) is 0.429. The Morgan fingerprint density at radius 2 is 1.92 bits per heavy atom. The molecule has 1 aliphatic heterocycles. The van der Waals surface area contributed by atoms with Gasteiger partial charge >= 0.3 is 5.97 Å². The number of aromatic nitrogens is 4. The minimum Gasteiger partial charge on any atom is -0.460 e. The lowest BCUT2D eigenvalue weighted by Crippen LogP contribution is -2.22. The molecule has 36 heavy (non-hydrogen) atoms. The first kappa shape index (κ1) is 22.9. The molecule has 3 heterocycles. The largest absolute Gasteiger partial charge is 0.460 e. The Labute approximate surface area is 208 Å². The number of allylic oxidation sites excluding steroid dienone is 1. The normalized spacial score (nSPS) is 14.7. The number of nitrogens with two attached hydrogens (primary N) is 1. The van der Waals surface area contributed by atoms with Crippen molar-refractivity contribution < 1.29 is 14.3 Å². The number of nitriles is 1. The van der Waals surface area contributed by atoms with Crippen LogP contribution in [-0.2, 0) is 11.8 Å². The van der Waals surface area contributed by atoms with Crippen molar-refractivity contribution in [2.45, 2.75) is 19.8 Å². The number of nitrogens with zero attached hydrogens (tertiary/aromatic N) is 5. The highest BCUT2D eigenvalue weighted by molar-refractivity contribution is 5.86. The number of rotatable bonds is 5. The zero-order valence-electron chi connectivity index (χ0n) is 20.1. The van der Waals surface area contributed by atoms with Gasteiger partial charge in [-0.25, -0.2) is 14.5 Å². The van der Waals surface area contributed by atoms with E-state index in [1.165, 1.54) is 0 Å². The fraction of sp³-hybridized carbons (Fsp3) is 0.185. The minimum absolute atomic E-state index is 0.0525. The van der Waals surface area contributed by atoms with Gasteiger partial charge < -0.3 is 15.2 Å². The van der Waals surface area contributed by atoms with Crippen LogP contribution in [0.1, 0.15) is 40.2 Å². The molecule has 9 nitrogen and oxygen atoms in total. The van der Waals surface area contributed by atoms with E-state index in [1.807, 2.05) is 55.5 Å². The van der Waals surface area contributed by atoms with E-state index < -0.39 is 11.9 Å². The summed E-state index contributed by atoms with van der Waals surface area (Å²) >= 11 is 0. The molecule has 0 fully saturated rings. The summed E-state index contributed by atoms with van der Waals surface area (Å²) in [5.74, 6) is -0.243. The second kappa shape index (κ2) is 9.07. The van der Waals surface area contributed by atoms with Crippen molar-refractivity contribution in [1.29, 1.82) is 5.26 Å². The number of hydrogen-bond acceptors (Lipinski definition) is 7. The molecule has 1 unspecified atom stereocenters. The highest BCUT2D eigenvalue weighted by atomic mass is 16.5. The molecule has 0 bridgehead atoms. The molecule has 180 valence electrons. The molecule has 0 radical (unpaired) electrons. The number of benzene rings is 2. The predicted molar refractivity (Wildman–Crippen MR) is 132 cm³/mol. The Morgan fingerprint density at radius 3 is 2.58 bits per heavy atom. The van der Waals surface area contributed by atoms with Crippen LogP contribution in [0.3, 0.4) is 0 Å². The molecule has 2 aromatic heterocycles. The van der Waals surface area contributed by atoms with Crippen LogP contribution < -0.4 is 10.5 Å². The number of hydrogen-bond donors (Lipinski definition) is 1. The molecule has 4 aromatic rings. The van der Waals surface area contributed by atoms with Gasteiger partial charge in [-0.3, -0.25) is 4.57 Å². The highest BCUT2D eigenvalue weighted by Crippen LogP contribution is 2.46. The van der Waals surface area contributed by atoms with E-state index in [4.69, 9.17) is 20.3 Å². The van der Waals surface area contributed by atoms with Crippen molar-refractivity contribution in [3.63, 3.8) is 0 Å². The predicted octanol–water partition coefficient (Wildman–Crippen LogP) is 3.98. The van der Waals surface area contributed by atoms with Crippen molar-refractivity contribution in [2.24, 2.45) is 12.8 Å². The summed E-state index contributed by atoms with van der Waals surface area (Å²) in [6.07, 6.45) is 3.24. The van der Waals surface area contributed by atoms with Gasteiger partial charge in [-0.2, -0.15) is 10.4 Å².